The minimum Gasteiger partial charge on any atom is -0.478 e. The van der Waals surface area contributed by atoms with Crippen molar-refractivity contribution in [2.75, 3.05) is 0 Å². The summed E-state index contributed by atoms with van der Waals surface area (Å²) in [4.78, 5) is 11.0. The number of hydrogen-bond donors (Lipinski definition) is 1. The Morgan fingerprint density at radius 1 is 1.21 bits per heavy atom. The normalized spacial score (nSPS) is 12.0. The third kappa shape index (κ3) is 2.71. The lowest BCUT2D eigenvalue weighted by Gasteiger charge is -2.07. The summed E-state index contributed by atoms with van der Waals surface area (Å²) in [5, 5.41) is 20.8. The van der Waals surface area contributed by atoms with Gasteiger partial charge in [-0.05, 0) is 19.1 Å². The van der Waals surface area contributed by atoms with Crippen LogP contribution in [0.1, 0.15) is 21.7 Å². The number of aromatic nitrogens is 6. The van der Waals surface area contributed by atoms with Crippen LogP contribution >= 0.6 is 0 Å². The van der Waals surface area contributed by atoms with Gasteiger partial charge >= 0.3 is 12.1 Å². The smallest absolute Gasteiger partial charge is 0.435 e. The Hall–Kier alpha value is -3.63. The molecule has 28 heavy (non-hydrogen) atoms. The van der Waals surface area contributed by atoms with E-state index in [1.807, 2.05) is 0 Å². The number of aryl methyl sites for hydroxylation is 1. The van der Waals surface area contributed by atoms with E-state index in [4.69, 9.17) is 5.11 Å². The topological polar surface area (TPSA) is 90.2 Å². The molecular formula is C17H13F3N6O2. The van der Waals surface area contributed by atoms with Crippen molar-refractivity contribution in [1.82, 2.24) is 29.2 Å². The highest BCUT2D eigenvalue weighted by atomic mass is 19.4. The molecule has 144 valence electrons. The average Bonchev–Trinajstić information content (AvgIpc) is 3.32. The Morgan fingerprint density at radius 2 is 1.96 bits per heavy atom. The lowest BCUT2D eigenvalue weighted by atomic mass is 10.0. The van der Waals surface area contributed by atoms with Crippen LogP contribution in [0.3, 0.4) is 0 Å². The Balaban J connectivity index is 1.92. The maximum atomic E-state index is 13.5. The fourth-order valence-electron chi connectivity index (χ4n) is 3.01. The molecule has 0 aliphatic rings. The summed E-state index contributed by atoms with van der Waals surface area (Å²) in [6.45, 7) is 1.55. The number of halogens is 3. The second kappa shape index (κ2) is 5.94. The van der Waals surface area contributed by atoms with E-state index in [9.17, 15) is 18.0 Å². The van der Waals surface area contributed by atoms with Gasteiger partial charge in [-0.1, -0.05) is 0 Å². The zero-order valence-corrected chi connectivity index (χ0v) is 14.6. The summed E-state index contributed by atoms with van der Waals surface area (Å²) < 4.78 is 44.4. The van der Waals surface area contributed by atoms with Crippen molar-refractivity contribution < 1.29 is 23.1 Å². The number of pyridine rings is 1. The number of carboxylic acids is 1. The van der Waals surface area contributed by atoms with Crippen LogP contribution in [-0.4, -0.2) is 40.3 Å². The second-order valence-electron chi connectivity index (χ2n) is 6.18. The molecule has 0 spiro atoms. The standard InChI is InChI=1S/C17H13F3N6O2/c1-9-14(15(17(18,19)20)23-24(9)2)12-7-22-25-4-3-11(5-13(12)25)26-8-10(6-21-26)16(27)28/h3-8H,1-2H3,(H,27,28). The van der Waals surface area contributed by atoms with Crippen LogP contribution in [0.15, 0.2) is 36.9 Å². The molecule has 0 fully saturated rings. The van der Waals surface area contributed by atoms with Crippen molar-refractivity contribution in [3.63, 3.8) is 0 Å². The zero-order valence-electron chi connectivity index (χ0n) is 14.6. The van der Waals surface area contributed by atoms with E-state index in [0.717, 1.165) is 0 Å². The third-order valence-corrected chi connectivity index (χ3v) is 4.47. The number of alkyl halides is 3. The van der Waals surface area contributed by atoms with Crippen LogP contribution in [0.2, 0.25) is 0 Å². The van der Waals surface area contributed by atoms with Gasteiger partial charge in [0.25, 0.3) is 0 Å². The first kappa shape index (κ1) is 17.8. The van der Waals surface area contributed by atoms with E-state index >= 15 is 0 Å². The van der Waals surface area contributed by atoms with E-state index in [1.54, 1.807) is 25.3 Å². The van der Waals surface area contributed by atoms with Crippen molar-refractivity contribution in [3.05, 3.63) is 53.9 Å². The molecule has 11 heteroatoms. The molecule has 4 aromatic rings. The molecule has 0 atom stereocenters. The van der Waals surface area contributed by atoms with Crippen molar-refractivity contribution in [3.8, 4) is 16.8 Å². The molecule has 8 nitrogen and oxygen atoms in total. The molecule has 0 bridgehead atoms. The number of carboxylic acid groups (broad SMARTS) is 1. The van der Waals surface area contributed by atoms with Crippen LogP contribution in [0.4, 0.5) is 13.2 Å². The van der Waals surface area contributed by atoms with Gasteiger partial charge in [0.1, 0.15) is 0 Å². The molecule has 0 aliphatic carbocycles. The number of fused-ring (bicyclic) bond motifs is 1. The maximum absolute atomic E-state index is 13.5. The largest absolute Gasteiger partial charge is 0.478 e. The van der Waals surface area contributed by atoms with Crippen molar-refractivity contribution in [1.29, 1.82) is 0 Å². The molecule has 4 aromatic heterocycles. The van der Waals surface area contributed by atoms with Gasteiger partial charge in [0, 0.05) is 36.3 Å². The third-order valence-electron chi connectivity index (χ3n) is 4.47. The number of carbonyl (C=O) groups is 1. The fraction of sp³-hybridized carbons (Fsp3) is 0.176. The lowest BCUT2D eigenvalue weighted by Crippen LogP contribution is -2.08. The lowest BCUT2D eigenvalue weighted by molar-refractivity contribution is -0.140. The Labute approximate surface area is 155 Å². The van der Waals surface area contributed by atoms with Crippen LogP contribution in [0.25, 0.3) is 22.3 Å². The summed E-state index contributed by atoms with van der Waals surface area (Å²) >= 11 is 0. The van der Waals surface area contributed by atoms with Gasteiger partial charge in [0.15, 0.2) is 5.69 Å². The van der Waals surface area contributed by atoms with Crippen LogP contribution in [-0.2, 0) is 13.2 Å². The minimum atomic E-state index is -4.62. The molecule has 0 saturated carbocycles. The monoisotopic (exact) mass is 390 g/mol. The Bertz CT molecular complexity index is 1220. The van der Waals surface area contributed by atoms with Gasteiger partial charge in [-0.25, -0.2) is 14.0 Å². The van der Waals surface area contributed by atoms with E-state index in [2.05, 4.69) is 15.3 Å². The fourth-order valence-corrected chi connectivity index (χ4v) is 3.01. The van der Waals surface area contributed by atoms with Gasteiger partial charge in [0.05, 0.1) is 29.2 Å². The van der Waals surface area contributed by atoms with Crippen molar-refractivity contribution in [2.24, 2.45) is 7.05 Å². The molecule has 0 unspecified atom stereocenters. The molecule has 0 amide bonds. The molecule has 4 heterocycles. The number of aromatic carboxylic acids is 1. The van der Waals surface area contributed by atoms with E-state index in [0.29, 0.717) is 16.9 Å². The predicted molar refractivity (Wildman–Crippen MR) is 91.2 cm³/mol. The van der Waals surface area contributed by atoms with Gasteiger partial charge < -0.3 is 5.11 Å². The van der Waals surface area contributed by atoms with Gasteiger partial charge in [-0.15, -0.1) is 0 Å². The molecule has 0 aliphatic heterocycles. The summed E-state index contributed by atoms with van der Waals surface area (Å²) in [5.41, 5.74) is 0.471. The SMILES string of the molecule is Cc1c(-c2cnn3ccc(-n4cc(C(=O)O)cn4)cc23)c(C(F)(F)F)nn1C. The van der Waals surface area contributed by atoms with Gasteiger partial charge in [-0.2, -0.15) is 28.5 Å². The number of hydrogen-bond acceptors (Lipinski definition) is 4. The second-order valence-corrected chi connectivity index (χ2v) is 6.18. The highest BCUT2D eigenvalue weighted by Gasteiger charge is 2.39. The molecule has 0 saturated heterocycles. The Morgan fingerprint density at radius 3 is 2.61 bits per heavy atom. The van der Waals surface area contributed by atoms with E-state index in [-0.39, 0.29) is 16.7 Å². The van der Waals surface area contributed by atoms with Crippen molar-refractivity contribution in [2.45, 2.75) is 13.1 Å². The highest BCUT2D eigenvalue weighted by molar-refractivity contribution is 5.87. The van der Waals surface area contributed by atoms with E-state index < -0.39 is 17.8 Å². The first-order chi connectivity index (χ1) is 13.2. The Kier molecular flexibility index (Phi) is 3.77. The summed E-state index contributed by atoms with van der Waals surface area (Å²) in [7, 11) is 1.45. The summed E-state index contributed by atoms with van der Waals surface area (Å²) in [5.74, 6) is -1.13. The first-order valence-electron chi connectivity index (χ1n) is 8.03. The zero-order chi connectivity index (χ0) is 20.2. The van der Waals surface area contributed by atoms with E-state index in [1.165, 1.54) is 39.5 Å². The van der Waals surface area contributed by atoms with Crippen LogP contribution in [0, 0.1) is 6.92 Å². The van der Waals surface area contributed by atoms with Gasteiger partial charge in [-0.3, -0.25) is 4.68 Å². The summed E-state index contributed by atoms with van der Waals surface area (Å²) in [6.07, 6.45) is 0.808. The quantitative estimate of drug-likeness (QED) is 0.581. The van der Waals surface area contributed by atoms with Crippen LogP contribution in [0.5, 0.6) is 0 Å². The maximum Gasteiger partial charge on any atom is 0.435 e. The number of rotatable bonds is 3. The average molecular weight is 390 g/mol. The molecule has 0 radical (unpaired) electrons. The summed E-state index contributed by atoms with van der Waals surface area (Å²) in [6, 6.07) is 3.22. The molecule has 4 rings (SSSR count). The minimum absolute atomic E-state index is 0.00364. The highest BCUT2D eigenvalue weighted by Crippen LogP contribution is 2.39. The molecule has 1 N–H and O–H groups in total. The molecular weight excluding hydrogens is 377 g/mol. The van der Waals surface area contributed by atoms with Crippen LogP contribution < -0.4 is 0 Å². The van der Waals surface area contributed by atoms with Crippen molar-refractivity contribution >= 4 is 11.5 Å². The molecule has 0 aromatic carbocycles. The first-order valence-corrected chi connectivity index (χ1v) is 8.03. The van der Waals surface area contributed by atoms with Gasteiger partial charge in [0.2, 0.25) is 0 Å². The predicted octanol–water partition coefficient (Wildman–Crippen LogP) is 2.95. The number of nitrogens with zero attached hydrogens (tertiary/aromatic N) is 6.